The molecule has 0 aliphatic carbocycles. The maximum Gasteiger partial charge on any atom is 0.352 e. The lowest BCUT2D eigenvalue weighted by Gasteiger charge is -2.12. The number of carbonyl (C=O) groups excluding carboxylic acids is 1. The van der Waals surface area contributed by atoms with Crippen molar-refractivity contribution in [3.05, 3.63) is 80.7 Å². The van der Waals surface area contributed by atoms with Gasteiger partial charge >= 0.3 is 5.69 Å². The minimum atomic E-state index is -0.446. The van der Waals surface area contributed by atoms with Crippen molar-refractivity contribution in [2.75, 3.05) is 0 Å². The highest BCUT2D eigenvalue weighted by Crippen LogP contribution is 2.12. The smallest absolute Gasteiger partial charge is 0.352 e. The number of aromatic nitrogens is 4. The molecule has 8 nitrogen and oxygen atoms in total. The van der Waals surface area contributed by atoms with E-state index in [1.54, 1.807) is 36.4 Å². The minimum absolute atomic E-state index is 0.0314. The molecule has 0 aliphatic rings. The van der Waals surface area contributed by atoms with Gasteiger partial charge in [-0.05, 0) is 43.2 Å². The Kier molecular flexibility index (Phi) is 5.89. The van der Waals surface area contributed by atoms with E-state index in [-0.39, 0.29) is 42.8 Å². The third-order valence-corrected chi connectivity index (χ3v) is 5.49. The van der Waals surface area contributed by atoms with Crippen LogP contribution < -0.4 is 16.6 Å². The standard InChI is InChI=1S/C23H24FN5O3/c1-3-15(2)25-20(30)11-12-27-21(31)18-9-4-5-10-19(18)29-22(27)26-28(23(29)32)14-16-7-6-8-17(24)13-16/h4-10,13,15H,3,11-12,14H2,1-2H3,(H,25,30). The predicted molar refractivity (Wildman–Crippen MR) is 119 cm³/mol. The minimum Gasteiger partial charge on any atom is -0.354 e. The highest BCUT2D eigenvalue weighted by Gasteiger charge is 2.18. The number of para-hydroxylation sites is 1. The lowest BCUT2D eigenvalue weighted by Crippen LogP contribution is -2.34. The zero-order chi connectivity index (χ0) is 22.8. The van der Waals surface area contributed by atoms with Crippen molar-refractivity contribution in [1.29, 1.82) is 0 Å². The zero-order valence-electron chi connectivity index (χ0n) is 17.9. The number of carbonyl (C=O) groups is 1. The van der Waals surface area contributed by atoms with Crippen LogP contribution >= 0.6 is 0 Å². The quantitative estimate of drug-likeness (QED) is 0.480. The molecule has 166 valence electrons. The van der Waals surface area contributed by atoms with Gasteiger partial charge in [-0.15, -0.1) is 5.10 Å². The summed E-state index contributed by atoms with van der Waals surface area (Å²) in [5.41, 5.74) is 0.232. The summed E-state index contributed by atoms with van der Waals surface area (Å²) in [7, 11) is 0. The van der Waals surface area contributed by atoms with Crippen molar-refractivity contribution in [1.82, 2.24) is 24.1 Å². The van der Waals surface area contributed by atoms with Gasteiger partial charge in [0.2, 0.25) is 11.7 Å². The number of benzene rings is 2. The molecule has 32 heavy (non-hydrogen) atoms. The van der Waals surface area contributed by atoms with Crippen LogP contribution in [0.4, 0.5) is 4.39 Å². The fourth-order valence-corrected chi connectivity index (χ4v) is 3.64. The second-order valence-corrected chi connectivity index (χ2v) is 7.81. The van der Waals surface area contributed by atoms with Crippen molar-refractivity contribution in [3.8, 4) is 0 Å². The molecular weight excluding hydrogens is 413 g/mol. The van der Waals surface area contributed by atoms with Crippen molar-refractivity contribution < 1.29 is 9.18 Å². The average molecular weight is 437 g/mol. The highest BCUT2D eigenvalue weighted by atomic mass is 19.1. The van der Waals surface area contributed by atoms with E-state index in [0.717, 1.165) is 6.42 Å². The van der Waals surface area contributed by atoms with Crippen LogP contribution in [0.25, 0.3) is 16.7 Å². The Labute approximate surface area is 182 Å². The predicted octanol–water partition coefficient (Wildman–Crippen LogP) is 2.30. The first-order valence-electron chi connectivity index (χ1n) is 10.5. The second-order valence-electron chi connectivity index (χ2n) is 7.81. The Morgan fingerprint density at radius 2 is 1.94 bits per heavy atom. The molecule has 1 atom stereocenters. The topological polar surface area (TPSA) is 90.4 Å². The summed E-state index contributed by atoms with van der Waals surface area (Å²) in [4.78, 5) is 38.7. The van der Waals surface area contributed by atoms with Gasteiger partial charge in [0.15, 0.2) is 0 Å². The van der Waals surface area contributed by atoms with Crippen LogP contribution in [0.2, 0.25) is 0 Å². The number of amides is 1. The monoisotopic (exact) mass is 437 g/mol. The maximum atomic E-state index is 13.6. The Morgan fingerprint density at radius 3 is 2.69 bits per heavy atom. The maximum absolute atomic E-state index is 13.6. The van der Waals surface area contributed by atoms with E-state index in [1.165, 1.54) is 25.8 Å². The van der Waals surface area contributed by atoms with Gasteiger partial charge < -0.3 is 5.32 Å². The number of aryl methyl sites for hydroxylation is 1. The number of hydrogen-bond acceptors (Lipinski definition) is 4. The van der Waals surface area contributed by atoms with E-state index in [2.05, 4.69) is 10.4 Å². The van der Waals surface area contributed by atoms with Crippen molar-refractivity contribution in [3.63, 3.8) is 0 Å². The molecule has 2 aromatic carbocycles. The van der Waals surface area contributed by atoms with Gasteiger partial charge in [-0.2, -0.15) is 0 Å². The number of rotatable bonds is 7. The summed E-state index contributed by atoms with van der Waals surface area (Å²) < 4.78 is 17.5. The number of fused-ring (bicyclic) bond motifs is 3. The van der Waals surface area contributed by atoms with E-state index in [4.69, 9.17) is 0 Å². The normalized spacial score (nSPS) is 12.3. The molecule has 4 aromatic rings. The van der Waals surface area contributed by atoms with Crippen LogP contribution in [0.1, 0.15) is 32.3 Å². The number of nitrogens with zero attached hydrogens (tertiary/aromatic N) is 4. The highest BCUT2D eigenvalue weighted by molar-refractivity contribution is 5.80. The number of hydrogen-bond donors (Lipinski definition) is 1. The van der Waals surface area contributed by atoms with Crippen molar-refractivity contribution >= 4 is 22.6 Å². The molecule has 0 saturated heterocycles. The molecule has 1 amide bonds. The lowest BCUT2D eigenvalue weighted by molar-refractivity contribution is -0.121. The largest absolute Gasteiger partial charge is 0.354 e. The molecule has 2 heterocycles. The fourth-order valence-electron chi connectivity index (χ4n) is 3.64. The molecule has 0 aliphatic heterocycles. The fraction of sp³-hybridized carbons (Fsp3) is 0.304. The summed E-state index contributed by atoms with van der Waals surface area (Å²) in [6.45, 7) is 4.01. The molecule has 0 spiro atoms. The van der Waals surface area contributed by atoms with Gasteiger partial charge in [0.05, 0.1) is 17.4 Å². The van der Waals surface area contributed by atoms with Crippen LogP contribution in [0, 0.1) is 5.82 Å². The first-order valence-corrected chi connectivity index (χ1v) is 10.5. The molecule has 4 rings (SSSR count). The van der Waals surface area contributed by atoms with Crippen molar-refractivity contribution in [2.45, 2.75) is 45.8 Å². The van der Waals surface area contributed by atoms with Crippen LogP contribution in [-0.2, 0) is 17.9 Å². The van der Waals surface area contributed by atoms with E-state index >= 15 is 0 Å². The van der Waals surface area contributed by atoms with Crippen LogP contribution in [0.5, 0.6) is 0 Å². The SMILES string of the molecule is CCC(C)NC(=O)CCn1c(=O)c2ccccc2n2c(=O)n(Cc3cccc(F)c3)nc12. The van der Waals surface area contributed by atoms with Gasteiger partial charge in [0.1, 0.15) is 5.82 Å². The molecule has 2 aromatic heterocycles. The van der Waals surface area contributed by atoms with E-state index in [0.29, 0.717) is 16.5 Å². The summed E-state index contributed by atoms with van der Waals surface area (Å²) in [6, 6.07) is 12.7. The zero-order valence-corrected chi connectivity index (χ0v) is 17.9. The first kappa shape index (κ1) is 21.5. The molecule has 0 radical (unpaired) electrons. The number of halogens is 1. The van der Waals surface area contributed by atoms with Gasteiger partial charge in [-0.1, -0.05) is 31.2 Å². The summed E-state index contributed by atoms with van der Waals surface area (Å²) in [5.74, 6) is -0.445. The molecular formula is C23H24FN5O3. The van der Waals surface area contributed by atoms with Gasteiger partial charge in [0, 0.05) is 19.0 Å². The Morgan fingerprint density at radius 1 is 1.16 bits per heavy atom. The lowest BCUT2D eigenvalue weighted by atomic mass is 10.2. The van der Waals surface area contributed by atoms with Gasteiger partial charge in [0.25, 0.3) is 5.56 Å². The molecule has 0 fully saturated rings. The number of nitrogens with one attached hydrogen (secondary N) is 1. The third-order valence-electron chi connectivity index (χ3n) is 5.49. The first-order chi connectivity index (χ1) is 15.4. The van der Waals surface area contributed by atoms with Gasteiger partial charge in [-0.3, -0.25) is 14.2 Å². The molecule has 9 heteroatoms. The van der Waals surface area contributed by atoms with Crippen LogP contribution in [0.3, 0.4) is 0 Å². The van der Waals surface area contributed by atoms with E-state index in [1.807, 2.05) is 13.8 Å². The van der Waals surface area contributed by atoms with E-state index in [9.17, 15) is 18.8 Å². The summed E-state index contributed by atoms with van der Waals surface area (Å²) in [6.07, 6.45) is 0.870. The third kappa shape index (κ3) is 4.05. The second kappa shape index (κ2) is 8.78. The van der Waals surface area contributed by atoms with Crippen LogP contribution in [-0.4, -0.2) is 30.7 Å². The molecule has 0 saturated carbocycles. The summed E-state index contributed by atoms with van der Waals surface area (Å²) >= 11 is 0. The Hall–Kier alpha value is -3.75. The molecule has 1 N–H and O–H groups in total. The molecule has 0 bridgehead atoms. The Bertz CT molecular complexity index is 1420. The Balaban J connectivity index is 1.81. The van der Waals surface area contributed by atoms with Gasteiger partial charge in [-0.25, -0.2) is 18.3 Å². The summed E-state index contributed by atoms with van der Waals surface area (Å²) in [5, 5.41) is 7.61. The molecule has 1 unspecified atom stereocenters. The van der Waals surface area contributed by atoms with Crippen molar-refractivity contribution in [2.24, 2.45) is 0 Å². The average Bonchev–Trinajstić information content (AvgIpc) is 3.09. The van der Waals surface area contributed by atoms with Crippen LogP contribution in [0.15, 0.2) is 58.1 Å². The van der Waals surface area contributed by atoms with E-state index < -0.39 is 11.5 Å².